The lowest BCUT2D eigenvalue weighted by atomic mass is 9.98. The van der Waals surface area contributed by atoms with Crippen LogP contribution in [-0.2, 0) is 4.79 Å². The Morgan fingerprint density at radius 3 is 2.56 bits per heavy atom. The number of amides is 1. The molecule has 18 heavy (non-hydrogen) atoms. The second-order valence-corrected chi connectivity index (χ2v) is 4.72. The van der Waals surface area contributed by atoms with Crippen molar-refractivity contribution in [1.29, 1.82) is 0 Å². The molecule has 0 aliphatic carbocycles. The first kappa shape index (κ1) is 14.6. The highest BCUT2D eigenvalue weighted by Crippen LogP contribution is 2.16. The molecule has 0 aliphatic heterocycles. The number of hydrogen-bond donors (Lipinski definition) is 2. The van der Waals surface area contributed by atoms with Crippen molar-refractivity contribution in [3.63, 3.8) is 0 Å². The largest absolute Gasteiger partial charge is 0.392 e. The van der Waals surface area contributed by atoms with Crippen molar-refractivity contribution in [3.8, 4) is 0 Å². The number of hydrogen-bond acceptors (Lipinski definition) is 2. The Morgan fingerprint density at radius 2 is 2.00 bits per heavy atom. The second kappa shape index (κ2) is 7.82. The third kappa shape index (κ3) is 4.45. The molecule has 0 spiro atoms. The number of nitrogens with two attached hydrogens (primary N) is 1. The summed E-state index contributed by atoms with van der Waals surface area (Å²) in [5.74, 6) is -0.632. The predicted molar refractivity (Wildman–Crippen MR) is 78.5 cm³/mol. The Labute approximate surface area is 114 Å². The Hall–Kier alpha value is -1.42. The molecule has 0 aromatic heterocycles. The number of carbonyl (C=O) groups excluding carboxylic acids is 1. The van der Waals surface area contributed by atoms with Crippen molar-refractivity contribution in [2.45, 2.75) is 32.1 Å². The molecular weight excluding hydrogens is 244 g/mol. The zero-order valence-corrected chi connectivity index (χ0v) is 11.5. The first-order chi connectivity index (χ1) is 8.66. The van der Waals surface area contributed by atoms with Crippen LogP contribution in [-0.4, -0.2) is 17.4 Å². The zero-order valence-electron chi connectivity index (χ0n) is 10.7. The lowest BCUT2D eigenvalue weighted by molar-refractivity contribution is -0.121. The summed E-state index contributed by atoms with van der Waals surface area (Å²) in [6.45, 7) is 2.81. The predicted octanol–water partition coefficient (Wildman–Crippen LogP) is 2.36. The van der Waals surface area contributed by atoms with Gasteiger partial charge in [0, 0.05) is 6.54 Å². The van der Waals surface area contributed by atoms with Crippen molar-refractivity contribution < 1.29 is 4.79 Å². The van der Waals surface area contributed by atoms with E-state index in [-0.39, 0.29) is 10.9 Å². The fourth-order valence-corrected chi connectivity index (χ4v) is 2.02. The molecule has 3 N–H and O–H groups in total. The standard InChI is InChI=1S/C14H20N2OS/c1-2-3-7-10-16-14(17)12(13(15)18)11-8-5-4-6-9-11/h4-6,8-9,12H,2-3,7,10H2,1H3,(H2,15,18)(H,16,17). The van der Waals surface area contributed by atoms with Gasteiger partial charge in [0.1, 0.15) is 5.92 Å². The highest BCUT2D eigenvalue weighted by molar-refractivity contribution is 7.80. The van der Waals surface area contributed by atoms with Crippen molar-refractivity contribution >= 4 is 23.1 Å². The van der Waals surface area contributed by atoms with E-state index in [4.69, 9.17) is 18.0 Å². The summed E-state index contributed by atoms with van der Waals surface area (Å²) in [4.78, 5) is 12.3. The molecule has 4 heteroatoms. The summed E-state index contributed by atoms with van der Waals surface area (Å²) in [7, 11) is 0. The van der Waals surface area contributed by atoms with E-state index in [0.717, 1.165) is 24.8 Å². The third-order valence-corrected chi connectivity index (χ3v) is 2.99. The molecule has 1 aromatic carbocycles. The van der Waals surface area contributed by atoms with Crippen LogP contribution in [0.4, 0.5) is 0 Å². The van der Waals surface area contributed by atoms with Gasteiger partial charge in [-0.3, -0.25) is 4.79 Å². The van der Waals surface area contributed by atoms with Gasteiger partial charge in [-0.15, -0.1) is 0 Å². The highest BCUT2D eigenvalue weighted by Gasteiger charge is 2.22. The number of thiocarbonyl (C=S) groups is 1. The summed E-state index contributed by atoms with van der Waals surface area (Å²) in [5.41, 5.74) is 6.52. The SMILES string of the molecule is CCCCCNC(=O)C(C(N)=S)c1ccccc1. The van der Waals surface area contributed by atoms with Crippen LogP contribution in [0.2, 0.25) is 0 Å². The van der Waals surface area contributed by atoms with E-state index >= 15 is 0 Å². The summed E-state index contributed by atoms with van der Waals surface area (Å²) in [6.07, 6.45) is 3.23. The molecule has 0 fully saturated rings. The molecule has 1 atom stereocenters. The molecule has 98 valence electrons. The van der Waals surface area contributed by atoms with E-state index in [9.17, 15) is 4.79 Å². The van der Waals surface area contributed by atoms with E-state index < -0.39 is 5.92 Å². The van der Waals surface area contributed by atoms with Crippen molar-refractivity contribution in [2.24, 2.45) is 5.73 Å². The van der Waals surface area contributed by atoms with Crippen LogP contribution in [0.5, 0.6) is 0 Å². The van der Waals surface area contributed by atoms with E-state index in [1.807, 2.05) is 30.3 Å². The molecule has 0 bridgehead atoms. The smallest absolute Gasteiger partial charge is 0.234 e. The van der Waals surface area contributed by atoms with Crippen molar-refractivity contribution in [2.75, 3.05) is 6.54 Å². The van der Waals surface area contributed by atoms with Crippen LogP contribution in [0.25, 0.3) is 0 Å². The van der Waals surface area contributed by atoms with Gasteiger partial charge >= 0.3 is 0 Å². The van der Waals surface area contributed by atoms with Crippen LogP contribution in [0.3, 0.4) is 0 Å². The van der Waals surface area contributed by atoms with Gasteiger partial charge in [-0.25, -0.2) is 0 Å². The molecule has 0 saturated heterocycles. The third-order valence-electron chi connectivity index (χ3n) is 2.76. The number of benzene rings is 1. The highest BCUT2D eigenvalue weighted by atomic mass is 32.1. The maximum atomic E-state index is 12.1. The summed E-state index contributed by atoms with van der Waals surface area (Å²) < 4.78 is 0. The van der Waals surface area contributed by atoms with Gasteiger partial charge in [0.05, 0.1) is 4.99 Å². The van der Waals surface area contributed by atoms with E-state index in [0.29, 0.717) is 6.54 Å². The molecular formula is C14H20N2OS. The van der Waals surface area contributed by atoms with Gasteiger partial charge in [0.25, 0.3) is 0 Å². The van der Waals surface area contributed by atoms with Crippen molar-refractivity contribution in [1.82, 2.24) is 5.32 Å². The van der Waals surface area contributed by atoms with E-state index in [1.165, 1.54) is 0 Å². The Bertz CT molecular complexity index is 392. The van der Waals surface area contributed by atoms with Crippen LogP contribution in [0, 0.1) is 0 Å². The minimum Gasteiger partial charge on any atom is -0.392 e. The maximum Gasteiger partial charge on any atom is 0.234 e. The average Bonchev–Trinajstić information content (AvgIpc) is 2.36. The summed E-state index contributed by atoms with van der Waals surface area (Å²) in [5, 5.41) is 2.89. The monoisotopic (exact) mass is 264 g/mol. The molecule has 1 rings (SSSR count). The fraction of sp³-hybridized carbons (Fsp3) is 0.429. The fourth-order valence-electron chi connectivity index (χ4n) is 1.78. The van der Waals surface area contributed by atoms with Crippen LogP contribution in [0.15, 0.2) is 30.3 Å². The Kier molecular flexibility index (Phi) is 6.36. The summed E-state index contributed by atoms with van der Waals surface area (Å²) >= 11 is 4.99. The van der Waals surface area contributed by atoms with Gasteiger partial charge in [-0.05, 0) is 12.0 Å². The van der Waals surface area contributed by atoms with Gasteiger partial charge in [-0.1, -0.05) is 62.3 Å². The lowest BCUT2D eigenvalue weighted by Crippen LogP contribution is -2.36. The van der Waals surface area contributed by atoms with E-state index in [2.05, 4.69) is 12.2 Å². The van der Waals surface area contributed by atoms with Gasteiger partial charge in [0.2, 0.25) is 5.91 Å². The van der Waals surface area contributed by atoms with E-state index in [1.54, 1.807) is 0 Å². The number of rotatable bonds is 7. The molecule has 3 nitrogen and oxygen atoms in total. The van der Waals surface area contributed by atoms with Crippen LogP contribution < -0.4 is 11.1 Å². The zero-order chi connectivity index (χ0) is 13.4. The van der Waals surface area contributed by atoms with Crippen molar-refractivity contribution in [3.05, 3.63) is 35.9 Å². The minimum atomic E-state index is -0.525. The molecule has 0 radical (unpaired) electrons. The average molecular weight is 264 g/mol. The molecule has 1 amide bonds. The van der Waals surface area contributed by atoms with Gasteiger partial charge in [0.15, 0.2) is 0 Å². The maximum absolute atomic E-state index is 12.1. The Morgan fingerprint density at radius 1 is 1.33 bits per heavy atom. The molecule has 1 unspecified atom stereocenters. The Balaban J connectivity index is 2.63. The molecule has 0 saturated carbocycles. The number of nitrogens with one attached hydrogen (secondary N) is 1. The second-order valence-electron chi connectivity index (χ2n) is 4.24. The minimum absolute atomic E-state index is 0.107. The molecule has 1 aromatic rings. The van der Waals surface area contributed by atoms with Crippen LogP contribution in [0.1, 0.15) is 37.7 Å². The number of carbonyl (C=O) groups is 1. The topological polar surface area (TPSA) is 55.1 Å². The normalized spacial score (nSPS) is 11.8. The van der Waals surface area contributed by atoms with Crippen LogP contribution >= 0.6 is 12.2 Å². The lowest BCUT2D eigenvalue weighted by Gasteiger charge is -2.15. The quantitative estimate of drug-likeness (QED) is 0.587. The molecule has 0 heterocycles. The van der Waals surface area contributed by atoms with Gasteiger partial charge < -0.3 is 11.1 Å². The molecule has 0 aliphatic rings. The number of unbranched alkanes of at least 4 members (excludes halogenated alkanes) is 2. The first-order valence-corrected chi connectivity index (χ1v) is 6.69. The first-order valence-electron chi connectivity index (χ1n) is 6.28. The summed E-state index contributed by atoms with van der Waals surface area (Å²) in [6, 6.07) is 9.40. The van der Waals surface area contributed by atoms with Gasteiger partial charge in [-0.2, -0.15) is 0 Å².